The van der Waals surface area contributed by atoms with E-state index in [1.54, 1.807) is 13.0 Å². The predicted molar refractivity (Wildman–Crippen MR) is 165 cm³/mol. The summed E-state index contributed by atoms with van der Waals surface area (Å²) in [7, 11) is 1.34. The number of aromatic nitrogens is 1. The van der Waals surface area contributed by atoms with Crippen molar-refractivity contribution in [3.8, 4) is 11.1 Å². The van der Waals surface area contributed by atoms with E-state index in [0.29, 0.717) is 53.8 Å². The summed E-state index contributed by atoms with van der Waals surface area (Å²) < 4.78 is 100. The Bertz CT molecular complexity index is 1630. The Kier molecular flexibility index (Phi) is 10.9. The molecule has 6 nitrogen and oxygen atoms in total. The third kappa shape index (κ3) is 8.34. The average molecular weight is 683 g/mol. The number of nitrogens with one attached hydrogen (secondary N) is 1. The lowest BCUT2D eigenvalue weighted by molar-refractivity contribution is -0.144. The van der Waals surface area contributed by atoms with Crippen molar-refractivity contribution in [2.75, 3.05) is 19.0 Å². The van der Waals surface area contributed by atoms with Gasteiger partial charge in [0.1, 0.15) is 5.82 Å². The summed E-state index contributed by atoms with van der Waals surface area (Å²) in [5, 5.41) is 13.3. The van der Waals surface area contributed by atoms with Gasteiger partial charge in [-0.25, -0.2) is 4.39 Å². The zero-order valence-corrected chi connectivity index (χ0v) is 26.9. The number of ketones is 1. The van der Waals surface area contributed by atoms with Crippen LogP contribution >= 0.6 is 0 Å². The minimum absolute atomic E-state index is 0.00592. The molecule has 1 aliphatic rings. The van der Waals surface area contributed by atoms with Gasteiger partial charge in [0.2, 0.25) is 0 Å². The molecule has 0 unspecified atom stereocenters. The number of nitrogens with zero attached hydrogens (tertiary/aromatic N) is 1. The molecule has 1 saturated carbocycles. The van der Waals surface area contributed by atoms with Crippen molar-refractivity contribution >= 4 is 17.4 Å². The number of Topliss-reactive ketones (excluding diaryl/α,β-unsaturated/α-hetero) is 1. The summed E-state index contributed by atoms with van der Waals surface area (Å²) in [4.78, 5) is 30.0. The van der Waals surface area contributed by atoms with Crippen molar-refractivity contribution in [3.63, 3.8) is 0 Å². The van der Waals surface area contributed by atoms with Crippen LogP contribution in [0.4, 0.5) is 36.4 Å². The number of rotatable bonds is 10. The normalized spacial score (nSPS) is 17.2. The first-order chi connectivity index (χ1) is 22.3. The molecule has 0 bridgehead atoms. The predicted octanol–water partition coefficient (Wildman–Crippen LogP) is 8.52. The average Bonchev–Trinajstić information content (AvgIpc) is 3.02. The lowest BCUT2D eigenvalue weighted by atomic mass is 9.78. The third-order valence-electron chi connectivity index (χ3n) is 9.12. The minimum atomic E-state index is -5.08. The number of pyridine rings is 1. The molecule has 1 aromatic heterocycles. The minimum Gasteiger partial charge on any atom is -0.469 e. The molecule has 2 aromatic carbocycles. The molecule has 1 aliphatic carbocycles. The van der Waals surface area contributed by atoms with E-state index in [4.69, 9.17) is 4.74 Å². The summed E-state index contributed by atoms with van der Waals surface area (Å²) in [6.45, 7) is 3.05. The maximum atomic E-state index is 14.1. The standard InChI is InChI=1S/C35H37F7N2O4/c1-19-11-25(36)9-10-26(19)27-16-28(21-7-5-20(6-8-21)12-31(47)48-4)44-29(18-45)32(27)43-17-30(46)33(2,3)22-13-23(34(37,38)39)15-24(14-22)35(40,41)42/h9-11,13-16,20-21,43,45H,5-8,12,17-18H2,1-4H3. The van der Waals surface area contributed by atoms with Gasteiger partial charge in [-0.05, 0) is 105 Å². The second kappa shape index (κ2) is 14.2. The van der Waals surface area contributed by atoms with E-state index < -0.39 is 59.2 Å². The van der Waals surface area contributed by atoms with Crippen molar-refractivity contribution in [1.29, 1.82) is 0 Å². The summed E-state index contributed by atoms with van der Waals surface area (Å²) >= 11 is 0. The number of aryl methyl sites for hydroxylation is 1. The lowest BCUT2D eigenvalue weighted by Crippen LogP contribution is -2.35. The molecule has 0 atom stereocenters. The number of carbonyl (C=O) groups is 2. The van der Waals surface area contributed by atoms with E-state index in [2.05, 4.69) is 10.3 Å². The smallest absolute Gasteiger partial charge is 0.416 e. The SMILES string of the molecule is COC(=O)CC1CCC(c2cc(-c3ccc(F)cc3C)c(NCC(=O)C(C)(C)c3cc(C(F)(F)F)cc(C(F)(F)F)c3)c(CO)n2)CC1. The number of benzene rings is 2. The molecular weight excluding hydrogens is 645 g/mol. The van der Waals surface area contributed by atoms with Crippen LogP contribution in [0.3, 0.4) is 0 Å². The van der Waals surface area contributed by atoms with Crippen LogP contribution in [-0.2, 0) is 38.7 Å². The second-order valence-corrected chi connectivity index (χ2v) is 12.7. The van der Waals surface area contributed by atoms with Gasteiger partial charge in [-0.3, -0.25) is 14.6 Å². The quantitative estimate of drug-likeness (QED) is 0.165. The Balaban J connectivity index is 1.70. The number of halogens is 7. The molecule has 13 heteroatoms. The van der Waals surface area contributed by atoms with E-state index in [0.717, 1.165) is 12.8 Å². The highest BCUT2D eigenvalue weighted by Crippen LogP contribution is 2.42. The van der Waals surface area contributed by atoms with Crippen molar-refractivity contribution < 1.29 is 50.2 Å². The molecule has 4 rings (SSSR count). The molecule has 48 heavy (non-hydrogen) atoms. The third-order valence-corrected chi connectivity index (χ3v) is 9.12. The number of aliphatic hydroxyl groups excluding tert-OH is 1. The van der Waals surface area contributed by atoms with Crippen LogP contribution in [0.25, 0.3) is 11.1 Å². The number of anilines is 1. The summed E-state index contributed by atoms with van der Waals surface area (Å²) in [5.41, 5.74) is -2.70. The number of hydrogen-bond acceptors (Lipinski definition) is 6. The lowest BCUT2D eigenvalue weighted by Gasteiger charge is -2.29. The largest absolute Gasteiger partial charge is 0.469 e. The molecule has 0 aliphatic heterocycles. The molecule has 0 spiro atoms. The van der Waals surface area contributed by atoms with Gasteiger partial charge in [0.15, 0.2) is 5.78 Å². The van der Waals surface area contributed by atoms with E-state index in [1.165, 1.54) is 39.2 Å². The van der Waals surface area contributed by atoms with Gasteiger partial charge in [-0.1, -0.05) is 6.07 Å². The first-order valence-electron chi connectivity index (χ1n) is 15.4. The fraction of sp³-hybridized carbons (Fsp3) is 0.457. The van der Waals surface area contributed by atoms with E-state index >= 15 is 0 Å². The molecule has 0 saturated heterocycles. The zero-order valence-electron chi connectivity index (χ0n) is 26.9. The number of alkyl halides is 6. The van der Waals surface area contributed by atoms with E-state index in [-0.39, 0.29) is 35.3 Å². The van der Waals surface area contributed by atoms with Crippen molar-refractivity contribution in [1.82, 2.24) is 4.98 Å². The van der Waals surface area contributed by atoms with Crippen LogP contribution in [-0.4, -0.2) is 35.5 Å². The molecule has 1 fully saturated rings. The number of ether oxygens (including phenoxy) is 1. The fourth-order valence-electron chi connectivity index (χ4n) is 6.13. The highest BCUT2D eigenvalue weighted by Gasteiger charge is 2.40. The van der Waals surface area contributed by atoms with Gasteiger partial charge in [0.05, 0.1) is 48.2 Å². The Labute approximate surface area is 273 Å². The van der Waals surface area contributed by atoms with E-state index in [1.807, 2.05) is 0 Å². The first-order valence-corrected chi connectivity index (χ1v) is 15.4. The maximum Gasteiger partial charge on any atom is 0.416 e. The van der Waals surface area contributed by atoms with Crippen molar-refractivity contribution in [2.45, 2.75) is 83.2 Å². The van der Waals surface area contributed by atoms with Crippen LogP contribution in [0.1, 0.15) is 85.5 Å². The molecule has 3 aromatic rings. The van der Waals surface area contributed by atoms with Gasteiger partial charge < -0.3 is 15.2 Å². The number of hydrogen-bond donors (Lipinski definition) is 2. The Hall–Kier alpha value is -4.00. The zero-order chi connectivity index (χ0) is 35.6. The summed E-state index contributed by atoms with van der Waals surface area (Å²) in [5.74, 6) is -1.36. The topological polar surface area (TPSA) is 88.5 Å². The molecule has 0 radical (unpaired) electrons. The molecule has 1 heterocycles. The Morgan fingerprint density at radius 3 is 2.00 bits per heavy atom. The number of aliphatic hydroxyl groups is 1. The fourth-order valence-corrected chi connectivity index (χ4v) is 6.13. The van der Waals surface area contributed by atoms with Gasteiger partial charge >= 0.3 is 18.3 Å². The second-order valence-electron chi connectivity index (χ2n) is 12.7. The summed E-state index contributed by atoms with van der Waals surface area (Å²) in [6, 6.07) is 6.97. The molecule has 0 amide bonds. The monoisotopic (exact) mass is 682 g/mol. The van der Waals surface area contributed by atoms with Crippen molar-refractivity contribution in [2.24, 2.45) is 5.92 Å². The Morgan fingerprint density at radius 2 is 1.48 bits per heavy atom. The molecular formula is C35H37F7N2O4. The van der Waals surface area contributed by atoms with Gasteiger partial charge in [-0.2, -0.15) is 26.3 Å². The highest BCUT2D eigenvalue weighted by molar-refractivity contribution is 5.94. The maximum absolute atomic E-state index is 14.1. The van der Waals surface area contributed by atoms with Crippen LogP contribution in [0, 0.1) is 18.7 Å². The van der Waals surface area contributed by atoms with Crippen LogP contribution in [0.2, 0.25) is 0 Å². The molecule has 2 N–H and O–H groups in total. The van der Waals surface area contributed by atoms with Gasteiger partial charge in [0.25, 0.3) is 0 Å². The Morgan fingerprint density at radius 1 is 0.896 bits per heavy atom. The van der Waals surface area contributed by atoms with Gasteiger partial charge in [-0.15, -0.1) is 0 Å². The summed E-state index contributed by atoms with van der Waals surface area (Å²) in [6.07, 6.45) is -6.95. The number of methoxy groups -OCH3 is 1. The van der Waals surface area contributed by atoms with Crippen LogP contribution < -0.4 is 5.32 Å². The number of esters is 1. The first kappa shape index (κ1) is 36.8. The van der Waals surface area contributed by atoms with E-state index in [9.17, 15) is 45.4 Å². The molecule has 260 valence electrons. The number of carbonyl (C=O) groups excluding carboxylic acids is 2. The van der Waals surface area contributed by atoms with Crippen LogP contribution in [0.5, 0.6) is 0 Å². The highest BCUT2D eigenvalue weighted by atomic mass is 19.4. The van der Waals surface area contributed by atoms with Crippen molar-refractivity contribution in [3.05, 3.63) is 81.9 Å². The van der Waals surface area contributed by atoms with Crippen LogP contribution in [0.15, 0.2) is 42.5 Å². The van der Waals surface area contributed by atoms with Gasteiger partial charge in [0, 0.05) is 23.6 Å².